The number of carbonyl (C=O) groups is 3. The van der Waals surface area contributed by atoms with E-state index in [4.69, 9.17) is 5.11 Å². The zero-order valence-corrected chi connectivity index (χ0v) is 12.2. The Kier molecular flexibility index (Phi) is 5.71. The molecule has 1 rings (SSSR count). The fourth-order valence-electron chi connectivity index (χ4n) is 1.67. The van der Waals surface area contributed by atoms with Crippen LogP contribution >= 0.6 is 0 Å². The zero-order chi connectivity index (χ0) is 16.0. The molecule has 21 heavy (non-hydrogen) atoms. The summed E-state index contributed by atoms with van der Waals surface area (Å²) in [6, 6.07) is 5.83. The molecular formula is C14H19N3O4. The first kappa shape index (κ1) is 16.5. The molecule has 0 spiro atoms. The SMILES string of the molecule is CC(=O)Nc1ccc(NC(=O)N(CC(=O)O)C(C)C)cc1. The fraction of sp³-hybridized carbons (Fsp3) is 0.357. The molecule has 0 saturated carbocycles. The summed E-state index contributed by atoms with van der Waals surface area (Å²) in [7, 11) is 0. The standard InChI is InChI=1S/C14H19N3O4/c1-9(2)17(8-13(19)20)14(21)16-12-6-4-11(5-7-12)15-10(3)18/h4-7,9H,8H2,1-3H3,(H,15,18)(H,16,21)(H,19,20). The van der Waals surface area contributed by atoms with Gasteiger partial charge in [0.25, 0.3) is 0 Å². The molecule has 3 N–H and O–H groups in total. The maximum Gasteiger partial charge on any atom is 0.323 e. The summed E-state index contributed by atoms with van der Waals surface area (Å²) in [6.45, 7) is 4.51. The first-order valence-corrected chi connectivity index (χ1v) is 6.46. The molecule has 0 unspecified atom stereocenters. The van der Waals surface area contributed by atoms with Gasteiger partial charge >= 0.3 is 12.0 Å². The van der Waals surface area contributed by atoms with E-state index in [-0.39, 0.29) is 18.5 Å². The largest absolute Gasteiger partial charge is 0.480 e. The van der Waals surface area contributed by atoms with E-state index < -0.39 is 12.0 Å². The number of hydrogen-bond acceptors (Lipinski definition) is 3. The average molecular weight is 293 g/mol. The summed E-state index contributed by atoms with van der Waals surface area (Å²) in [5.74, 6) is -1.25. The van der Waals surface area contributed by atoms with Gasteiger partial charge in [0.1, 0.15) is 6.54 Å². The van der Waals surface area contributed by atoms with E-state index in [9.17, 15) is 14.4 Å². The lowest BCUT2D eigenvalue weighted by atomic mass is 10.2. The number of carbonyl (C=O) groups excluding carboxylic acids is 2. The van der Waals surface area contributed by atoms with Crippen molar-refractivity contribution in [2.45, 2.75) is 26.8 Å². The topological polar surface area (TPSA) is 98.7 Å². The van der Waals surface area contributed by atoms with Gasteiger partial charge in [-0.3, -0.25) is 9.59 Å². The second kappa shape index (κ2) is 7.28. The van der Waals surface area contributed by atoms with Crippen LogP contribution in [-0.4, -0.2) is 40.5 Å². The van der Waals surface area contributed by atoms with Gasteiger partial charge in [-0.05, 0) is 38.1 Å². The smallest absolute Gasteiger partial charge is 0.323 e. The van der Waals surface area contributed by atoms with E-state index in [0.717, 1.165) is 0 Å². The van der Waals surface area contributed by atoms with Crippen molar-refractivity contribution < 1.29 is 19.5 Å². The maximum absolute atomic E-state index is 12.0. The summed E-state index contributed by atoms with van der Waals surface area (Å²) < 4.78 is 0. The molecule has 1 aromatic rings. The van der Waals surface area contributed by atoms with Crippen LogP contribution in [0, 0.1) is 0 Å². The minimum Gasteiger partial charge on any atom is -0.480 e. The van der Waals surface area contributed by atoms with Gasteiger partial charge in [-0.25, -0.2) is 4.79 Å². The van der Waals surface area contributed by atoms with Crippen LogP contribution in [-0.2, 0) is 9.59 Å². The van der Waals surface area contributed by atoms with Crippen molar-refractivity contribution in [3.05, 3.63) is 24.3 Å². The van der Waals surface area contributed by atoms with E-state index in [0.29, 0.717) is 11.4 Å². The molecule has 114 valence electrons. The first-order chi connectivity index (χ1) is 9.79. The molecule has 0 aliphatic rings. The number of benzene rings is 1. The molecule has 0 bridgehead atoms. The molecule has 7 nitrogen and oxygen atoms in total. The number of carboxylic acids is 1. The Morgan fingerprint density at radius 1 is 1.10 bits per heavy atom. The lowest BCUT2D eigenvalue weighted by molar-refractivity contribution is -0.138. The van der Waals surface area contributed by atoms with Crippen LogP contribution in [0.3, 0.4) is 0 Å². The van der Waals surface area contributed by atoms with Gasteiger partial charge in [0, 0.05) is 24.3 Å². The van der Waals surface area contributed by atoms with E-state index in [1.54, 1.807) is 38.1 Å². The van der Waals surface area contributed by atoms with Crippen molar-refractivity contribution in [1.29, 1.82) is 0 Å². The third-order valence-corrected chi connectivity index (χ3v) is 2.65. The number of aliphatic carboxylic acids is 1. The average Bonchev–Trinajstić information content (AvgIpc) is 2.37. The van der Waals surface area contributed by atoms with Gasteiger partial charge in [0.15, 0.2) is 0 Å². The molecule has 0 atom stereocenters. The Labute approximate surface area is 122 Å². The van der Waals surface area contributed by atoms with E-state index in [1.165, 1.54) is 11.8 Å². The lowest BCUT2D eigenvalue weighted by Crippen LogP contribution is -2.43. The maximum atomic E-state index is 12.0. The molecule has 3 amide bonds. The molecule has 0 heterocycles. The predicted octanol–water partition coefficient (Wildman–Crippen LogP) is 1.97. The van der Waals surface area contributed by atoms with Crippen LogP contribution in [0.1, 0.15) is 20.8 Å². The van der Waals surface area contributed by atoms with Crippen molar-refractivity contribution in [1.82, 2.24) is 4.90 Å². The highest BCUT2D eigenvalue weighted by Crippen LogP contribution is 2.14. The minimum atomic E-state index is -1.07. The highest BCUT2D eigenvalue weighted by molar-refractivity contribution is 5.92. The molecule has 0 aliphatic carbocycles. The van der Waals surface area contributed by atoms with Gasteiger partial charge in [-0.15, -0.1) is 0 Å². The first-order valence-electron chi connectivity index (χ1n) is 6.46. The van der Waals surface area contributed by atoms with Gasteiger partial charge in [0.05, 0.1) is 0 Å². The molecule has 7 heteroatoms. The van der Waals surface area contributed by atoms with E-state index in [1.807, 2.05) is 0 Å². The Morgan fingerprint density at radius 3 is 1.95 bits per heavy atom. The quantitative estimate of drug-likeness (QED) is 0.773. The van der Waals surface area contributed by atoms with Gasteiger partial charge in [-0.1, -0.05) is 0 Å². The summed E-state index contributed by atoms with van der Waals surface area (Å²) >= 11 is 0. The van der Waals surface area contributed by atoms with Gasteiger partial charge in [-0.2, -0.15) is 0 Å². The molecule has 1 aromatic carbocycles. The Bertz CT molecular complexity index is 526. The number of carboxylic acid groups (broad SMARTS) is 1. The van der Waals surface area contributed by atoms with Crippen LogP contribution in [0.5, 0.6) is 0 Å². The summed E-state index contributed by atoms with van der Waals surface area (Å²) in [5.41, 5.74) is 1.14. The number of anilines is 2. The predicted molar refractivity (Wildman–Crippen MR) is 79.2 cm³/mol. The van der Waals surface area contributed by atoms with Crippen molar-refractivity contribution in [2.24, 2.45) is 0 Å². The number of nitrogens with one attached hydrogen (secondary N) is 2. The van der Waals surface area contributed by atoms with Crippen molar-refractivity contribution in [3.8, 4) is 0 Å². The van der Waals surface area contributed by atoms with Crippen LogP contribution in [0.25, 0.3) is 0 Å². The Morgan fingerprint density at radius 2 is 1.57 bits per heavy atom. The molecule has 0 saturated heterocycles. The van der Waals surface area contributed by atoms with Crippen LogP contribution in [0.2, 0.25) is 0 Å². The highest BCUT2D eigenvalue weighted by atomic mass is 16.4. The number of nitrogens with zero attached hydrogens (tertiary/aromatic N) is 1. The Balaban J connectivity index is 2.72. The van der Waals surface area contributed by atoms with Crippen LogP contribution < -0.4 is 10.6 Å². The summed E-state index contributed by atoms with van der Waals surface area (Å²) in [6.07, 6.45) is 0. The molecule has 0 aromatic heterocycles. The number of urea groups is 1. The normalized spacial score (nSPS) is 10.1. The number of amides is 3. The molecule has 0 radical (unpaired) electrons. The Hall–Kier alpha value is -2.57. The number of hydrogen-bond donors (Lipinski definition) is 3. The van der Waals surface area contributed by atoms with E-state index >= 15 is 0 Å². The van der Waals surface area contributed by atoms with Crippen LogP contribution in [0.4, 0.5) is 16.2 Å². The zero-order valence-electron chi connectivity index (χ0n) is 12.2. The van der Waals surface area contributed by atoms with E-state index in [2.05, 4.69) is 10.6 Å². The summed E-state index contributed by atoms with van der Waals surface area (Å²) in [4.78, 5) is 34.9. The molecule has 0 aliphatic heterocycles. The second-order valence-corrected chi connectivity index (χ2v) is 4.80. The van der Waals surface area contributed by atoms with Gasteiger partial charge < -0.3 is 20.6 Å². The highest BCUT2D eigenvalue weighted by Gasteiger charge is 2.19. The van der Waals surface area contributed by atoms with Crippen molar-refractivity contribution in [3.63, 3.8) is 0 Å². The lowest BCUT2D eigenvalue weighted by Gasteiger charge is -2.25. The minimum absolute atomic E-state index is 0.181. The number of rotatable bonds is 5. The van der Waals surface area contributed by atoms with Gasteiger partial charge in [0.2, 0.25) is 5.91 Å². The van der Waals surface area contributed by atoms with Crippen molar-refractivity contribution >= 4 is 29.3 Å². The fourth-order valence-corrected chi connectivity index (χ4v) is 1.67. The molecular weight excluding hydrogens is 274 g/mol. The third kappa shape index (κ3) is 5.52. The van der Waals surface area contributed by atoms with Crippen LogP contribution in [0.15, 0.2) is 24.3 Å². The second-order valence-electron chi connectivity index (χ2n) is 4.80. The monoisotopic (exact) mass is 293 g/mol. The van der Waals surface area contributed by atoms with Crippen molar-refractivity contribution in [2.75, 3.05) is 17.2 Å². The third-order valence-electron chi connectivity index (χ3n) is 2.65. The molecule has 0 fully saturated rings. The summed E-state index contributed by atoms with van der Waals surface area (Å²) in [5, 5.41) is 14.0.